The third-order valence-electron chi connectivity index (χ3n) is 3.59. The molecule has 0 aliphatic heterocycles. The van der Waals surface area contributed by atoms with E-state index in [1.54, 1.807) is 24.5 Å². The molecular weight excluding hydrogens is 346 g/mol. The molecule has 0 spiro atoms. The molecular formula is C20H25N3O4. The van der Waals surface area contributed by atoms with Crippen molar-refractivity contribution in [2.24, 2.45) is 5.10 Å². The van der Waals surface area contributed by atoms with E-state index in [-0.39, 0.29) is 5.91 Å². The van der Waals surface area contributed by atoms with Crippen LogP contribution in [0.4, 0.5) is 0 Å². The Kier molecular flexibility index (Phi) is 7.61. The van der Waals surface area contributed by atoms with Crippen LogP contribution >= 0.6 is 0 Å². The van der Waals surface area contributed by atoms with Gasteiger partial charge in [0, 0.05) is 23.5 Å². The predicted molar refractivity (Wildman–Crippen MR) is 104 cm³/mol. The van der Waals surface area contributed by atoms with Gasteiger partial charge in [0.15, 0.2) is 11.5 Å². The van der Waals surface area contributed by atoms with E-state index in [0.717, 1.165) is 5.56 Å². The highest BCUT2D eigenvalue weighted by molar-refractivity contribution is 6.01. The first-order valence-electron chi connectivity index (χ1n) is 8.92. The second-order valence-corrected chi connectivity index (χ2v) is 5.47. The molecule has 1 heterocycles. The predicted octanol–water partition coefficient (Wildman–Crippen LogP) is 3.43. The summed E-state index contributed by atoms with van der Waals surface area (Å²) in [5, 5.41) is 4.16. The third kappa shape index (κ3) is 5.44. The average molecular weight is 371 g/mol. The minimum absolute atomic E-state index is 0.367. The van der Waals surface area contributed by atoms with Crippen molar-refractivity contribution in [3.8, 4) is 17.2 Å². The lowest BCUT2D eigenvalue weighted by molar-refractivity contribution is 0.0953. The number of amides is 1. The van der Waals surface area contributed by atoms with Crippen molar-refractivity contribution < 1.29 is 19.0 Å². The van der Waals surface area contributed by atoms with Crippen LogP contribution in [0.25, 0.3) is 0 Å². The summed E-state index contributed by atoms with van der Waals surface area (Å²) in [6.07, 6.45) is 3.34. The largest absolute Gasteiger partial charge is 0.490 e. The van der Waals surface area contributed by atoms with Crippen molar-refractivity contribution in [2.45, 2.75) is 27.7 Å². The minimum atomic E-state index is -0.367. The minimum Gasteiger partial charge on any atom is -0.490 e. The molecule has 7 heteroatoms. The zero-order valence-electron chi connectivity index (χ0n) is 16.1. The summed E-state index contributed by atoms with van der Waals surface area (Å²) in [5.41, 5.74) is 4.49. The van der Waals surface area contributed by atoms with Crippen molar-refractivity contribution in [3.05, 3.63) is 47.8 Å². The van der Waals surface area contributed by atoms with Crippen LogP contribution in [0.2, 0.25) is 0 Å². The summed E-state index contributed by atoms with van der Waals surface area (Å²) < 4.78 is 16.9. The number of rotatable bonds is 9. The molecule has 7 nitrogen and oxygen atoms in total. The second-order valence-electron chi connectivity index (χ2n) is 5.47. The monoisotopic (exact) mass is 371 g/mol. The van der Waals surface area contributed by atoms with Gasteiger partial charge in [0.05, 0.1) is 25.5 Å². The molecule has 0 unspecified atom stereocenters. The molecule has 144 valence electrons. The fourth-order valence-corrected chi connectivity index (χ4v) is 2.38. The highest BCUT2D eigenvalue weighted by Crippen LogP contribution is 2.39. The first-order chi connectivity index (χ1) is 13.1. The van der Waals surface area contributed by atoms with Crippen LogP contribution in [0.15, 0.2) is 41.8 Å². The maximum atomic E-state index is 12.6. The summed E-state index contributed by atoms with van der Waals surface area (Å²) in [6, 6.07) is 6.90. The van der Waals surface area contributed by atoms with Gasteiger partial charge in [0.25, 0.3) is 5.91 Å². The normalized spacial score (nSPS) is 11.0. The summed E-state index contributed by atoms with van der Waals surface area (Å²) >= 11 is 0. The molecule has 2 rings (SSSR count). The van der Waals surface area contributed by atoms with Gasteiger partial charge in [-0.3, -0.25) is 9.78 Å². The number of hydrogen-bond acceptors (Lipinski definition) is 6. The number of hydrogen-bond donors (Lipinski definition) is 1. The fraction of sp³-hybridized carbons (Fsp3) is 0.350. The average Bonchev–Trinajstić information content (AvgIpc) is 2.69. The first kappa shape index (κ1) is 20.2. The number of ether oxygens (including phenoxy) is 3. The van der Waals surface area contributed by atoms with E-state index in [2.05, 4.69) is 15.5 Å². The van der Waals surface area contributed by atoms with E-state index >= 15 is 0 Å². The van der Waals surface area contributed by atoms with Gasteiger partial charge in [-0.05, 0) is 52.0 Å². The van der Waals surface area contributed by atoms with Crippen LogP contribution in [0.3, 0.4) is 0 Å². The number of pyridine rings is 1. The van der Waals surface area contributed by atoms with E-state index in [1.165, 1.54) is 0 Å². The van der Waals surface area contributed by atoms with Gasteiger partial charge >= 0.3 is 0 Å². The maximum Gasteiger partial charge on any atom is 0.271 e. The van der Waals surface area contributed by atoms with Gasteiger partial charge in [-0.25, -0.2) is 5.43 Å². The van der Waals surface area contributed by atoms with Gasteiger partial charge in [-0.15, -0.1) is 0 Å². The summed E-state index contributed by atoms with van der Waals surface area (Å²) in [4.78, 5) is 16.5. The molecule has 0 saturated carbocycles. The molecule has 0 atom stereocenters. The summed E-state index contributed by atoms with van der Waals surface area (Å²) in [6.45, 7) is 8.76. The zero-order valence-corrected chi connectivity index (χ0v) is 16.1. The Balaban J connectivity index is 2.29. The van der Waals surface area contributed by atoms with Crippen LogP contribution in [0, 0.1) is 0 Å². The third-order valence-corrected chi connectivity index (χ3v) is 3.59. The summed E-state index contributed by atoms with van der Waals surface area (Å²) in [7, 11) is 0. The SMILES string of the molecule is CCOc1cc(C(=O)N/N=C(/C)c2ccncc2)cc(OCC)c1OCC. The van der Waals surface area contributed by atoms with Crippen LogP contribution in [0.5, 0.6) is 17.2 Å². The number of nitrogens with one attached hydrogen (secondary N) is 1. The molecule has 0 saturated heterocycles. The number of hydrazone groups is 1. The standard InChI is InChI=1S/C20H25N3O4/c1-5-25-17-12-16(13-18(26-6-2)19(17)27-7-3)20(24)23-22-14(4)15-8-10-21-11-9-15/h8-13H,5-7H2,1-4H3,(H,23,24)/b22-14-. The highest BCUT2D eigenvalue weighted by atomic mass is 16.5. The molecule has 2 aromatic rings. The van der Waals surface area contributed by atoms with Crippen molar-refractivity contribution in [1.82, 2.24) is 10.4 Å². The van der Waals surface area contributed by atoms with Gasteiger partial charge in [-0.2, -0.15) is 5.10 Å². The topological polar surface area (TPSA) is 82.0 Å². The van der Waals surface area contributed by atoms with Crippen LogP contribution < -0.4 is 19.6 Å². The number of nitrogens with zero attached hydrogens (tertiary/aromatic N) is 2. The number of aromatic nitrogens is 1. The Labute approximate surface area is 159 Å². The van der Waals surface area contributed by atoms with E-state index in [9.17, 15) is 4.79 Å². The van der Waals surface area contributed by atoms with Crippen molar-refractivity contribution >= 4 is 11.6 Å². The number of carbonyl (C=O) groups is 1. The van der Waals surface area contributed by atoms with Crippen LogP contribution in [-0.4, -0.2) is 36.4 Å². The number of carbonyl (C=O) groups excluding carboxylic acids is 1. The maximum absolute atomic E-state index is 12.6. The molecule has 1 amide bonds. The molecule has 0 aliphatic rings. The highest BCUT2D eigenvalue weighted by Gasteiger charge is 2.18. The Morgan fingerprint density at radius 2 is 1.52 bits per heavy atom. The first-order valence-corrected chi connectivity index (χ1v) is 8.92. The van der Waals surface area contributed by atoms with Crippen LogP contribution in [0.1, 0.15) is 43.6 Å². The van der Waals surface area contributed by atoms with E-state index in [0.29, 0.717) is 48.3 Å². The lowest BCUT2D eigenvalue weighted by atomic mass is 10.1. The number of benzene rings is 1. The van der Waals surface area contributed by atoms with Gasteiger partial charge in [0.2, 0.25) is 5.75 Å². The van der Waals surface area contributed by atoms with E-state index in [4.69, 9.17) is 14.2 Å². The lowest BCUT2D eigenvalue weighted by Crippen LogP contribution is -2.20. The van der Waals surface area contributed by atoms with Gasteiger partial charge < -0.3 is 14.2 Å². The Hall–Kier alpha value is -3.09. The van der Waals surface area contributed by atoms with E-state index < -0.39 is 0 Å². The summed E-state index contributed by atoms with van der Waals surface area (Å²) in [5.74, 6) is 1.05. The molecule has 1 N–H and O–H groups in total. The second kappa shape index (κ2) is 10.2. The Morgan fingerprint density at radius 1 is 0.963 bits per heavy atom. The molecule has 0 aliphatic carbocycles. The molecule has 0 fully saturated rings. The Morgan fingerprint density at radius 3 is 2.04 bits per heavy atom. The van der Waals surface area contributed by atoms with Crippen molar-refractivity contribution in [2.75, 3.05) is 19.8 Å². The molecule has 1 aromatic carbocycles. The molecule has 0 radical (unpaired) electrons. The fourth-order valence-electron chi connectivity index (χ4n) is 2.38. The molecule has 1 aromatic heterocycles. The quantitative estimate of drug-likeness (QED) is 0.539. The zero-order chi connectivity index (χ0) is 19.6. The molecule has 0 bridgehead atoms. The van der Waals surface area contributed by atoms with Gasteiger partial charge in [0.1, 0.15) is 0 Å². The van der Waals surface area contributed by atoms with Crippen molar-refractivity contribution in [1.29, 1.82) is 0 Å². The lowest BCUT2D eigenvalue weighted by Gasteiger charge is -2.16. The molecule has 27 heavy (non-hydrogen) atoms. The van der Waals surface area contributed by atoms with Gasteiger partial charge in [-0.1, -0.05) is 0 Å². The van der Waals surface area contributed by atoms with E-state index in [1.807, 2.05) is 39.8 Å². The Bertz CT molecular complexity index is 764. The van der Waals surface area contributed by atoms with Crippen LogP contribution in [-0.2, 0) is 0 Å². The smallest absolute Gasteiger partial charge is 0.271 e. The van der Waals surface area contributed by atoms with Crippen molar-refractivity contribution in [3.63, 3.8) is 0 Å².